The number of anilines is 2. The van der Waals surface area contributed by atoms with E-state index in [0.29, 0.717) is 37.7 Å². The van der Waals surface area contributed by atoms with Gasteiger partial charge in [0.05, 0.1) is 16.8 Å². The fourth-order valence-corrected chi connectivity index (χ4v) is 4.31. The molecule has 0 spiro atoms. The minimum absolute atomic E-state index is 0.0115. The van der Waals surface area contributed by atoms with Crippen LogP contribution >= 0.6 is 0 Å². The average molecular weight is 480 g/mol. The zero-order valence-electron chi connectivity index (χ0n) is 18.6. The summed E-state index contributed by atoms with van der Waals surface area (Å²) >= 11 is 0. The molecule has 0 saturated carbocycles. The van der Waals surface area contributed by atoms with Crippen LogP contribution in [0.5, 0.6) is 0 Å². The SMILES string of the molecule is O=C1NC(O)N(Cc2ccc(F)c(C(=O)N3CCN(c4ncccn4)CC3)c2)c2cccc(F)c21. The van der Waals surface area contributed by atoms with Crippen LogP contribution in [-0.2, 0) is 6.54 Å². The zero-order valence-corrected chi connectivity index (χ0v) is 18.6. The Kier molecular flexibility index (Phi) is 6.00. The molecule has 1 aromatic heterocycles. The van der Waals surface area contributed by atoms with Gasteiger partial charge in [0.1, 0.15) is 11.6 Å². The summed E-state index contributed by atoms with van der Waals surface area (Å²) in [6.45, 7) is 1.80. The molecule has 0 bridgehead atoms. The Bertz CT molecular complexity index is 1270. The Hall–Kier alpha value is -4.12. The van der Waals surface area contributed by atoms with Gasteiger partial charge in [-0.2, -0.15) is 0 Å². The molecule has 180 valence electrons. The van der Waals surface area contributed by atoms with Crippen molar-refractivity contribution in [3.05, 3.63) is 83.2 Å². The molecular formula is C24H22F2N6O3. The van der Waals surface area contributed by atoms with Gasteiger partial charge in [-0.25, -0.2) is 18.7 Å². The second-order valence-electron chi connectivity index (χ2n) is 8.25. The number of amides is 2. The first-order valence-electron chi connectivity index (χ1n) is 11.1. The molecule has 35 heavy (non-hydrogen) atoms. The number of aliphatic hydroxyl groups is 1. The van der Waals surface area contributed by atoms with Gasteiger partial charge in [-0.1, -0.05) is 12.1 Å². The van der Waals surface area contributed by atoms with Gasteiger partial charge in [-0.15, -0.1) is 0 Å². The molecule has 5 rings (SSSR count). The molecule has 0 radical (unpaired) electrons. The maximum Gasteiger partial charge on any atom is 0.259 e. The summed E-state index contributed by atoms with van der Waals surface area (Å²) in [6.07, 6.45) is 1.89. The van der Waals surface area contributed by atoms with E-state index in [1.807, 2.05) is 4.90 Å². The Balaban J connectivity index is 1.33. The van der Waals surface area contributed by atoms with E-state index in [-0.39, 0.29) is 23.4 Å². The molecule has 2 amide bonds. The smallest absolute Gasteiger partial charge is 0.259 e. The minimum Gasteiger partial charge on any atom is -0.356 e. The van der Waals surface area contributed by atoms with E-state index in [2.05, 4.69) is 15.3 Å². The van der Waals surface area contributed by atoms with Crippen LogP contribution in [-0.4, -0.2) is 64.3 Å². The van der Waals surface area contributed by atoms with Crippen LogP contribution in [0, 0.1) is 11.6 Å². The lowest BCUT2D eigenvalue weighted by Gasteiger charge is -2.36. The van der Waals surface area contributed by atoms with Crippen molar-refractivity contribution < 1.29 is 23.5 Å². The number of rotatable bonds is 4. The van der Waals surface area contributed by atoms with Crippen molar-refractivity contribution in [3.63, 3.8) is 0 Å². The Morgan fingerprint density at radius 3 is 2.51 bits per heavy atom. The number of benzene rings is 2. The lowest BCUT2D eigenvalue weighted by Crippen LogP contribution is -2.52. The lowest BCUT2D eigenvalue weighted by atomic mass is 10.0. The summed E-state index contributed by atoms with van der Waals surface area (Å²) < 4.78 is 28.9. The number of aromatic nitrogens is 2. The summed E-state index contributed by atoms with van der Waals surface area (Å²) in [7, 11) is 0. The fourth-order valence-electron chi connectivity index (χ4n) is 4.31. The van der Waals surface area contributed by atoms with Crippen molar-refractivity contribution in [1.29, 1.82) is 0 Å². The van der Waals surface area contributed by atoms with Gasteiger partial charge in [0, 0.05) is 45.1 Å². The van der Waals surface area contributed by atoms with E-state index in [1.54, 1.807) is 23.4 Å². The van der Waals surface area contributed by atoms with Crippen LogP contribution < -0.4 is 15.1 Å². The second-order valence-corrected chi connectivity index (χ2v) is 8.25. The molecular weight excluding hydrogens is 458 g/mol. The molecule has 0 aliphatic carbocycles. The lowest BCUT2D eigenvalue weighted by molar-refractivity contribution is 0.0731. The van der Waals surface area contributed by atoms with E-state index in [0.717, 1.165) is 6.07 Å². The first-order chi connectivity index (χ1) is 16.9. The number of hydrogen-bond donors (Lipinski definition) is 2. The molecule has 11 heteroatoms. The van der Waals surface area contributed by atoms with E-state index in [1.165, 1.54) is 35.2 Å². The molecule has 2 aromatic carbocycles. The topological polar surface area (TPSA) is 102 Å². The molecule has 1 saturated heterocycles. The first kappa shape index (κ1) is 22.7. The molecule has 1 atom stereocenters. The van der Waals surface area contributed by atoms with Crippen molar-refractivity contribution >= 4 is 23.5 Å². The summed E-state index contributed by atoms with van der Waals surface area (Å²) in [5, 5.41) is 12.7. The predicted molar refractivity (Wildman–Crippen MR) is 123 cm³/mol. The van der Waals surface area contributed by atoms with Crippen LogP contribution in [0.2, 0.25) is 0 Å². The minimum atomic E-state index is -1.41. The predicted octanol–water partition coefficient (Wildman–Crippen LogP) is 1.74. The standard InChI is InChI=1S/C24H22F2N6O3/c25-17-6-5-15(14-32-19-4-1-3-18(26)20(19)21(33)29-24(32)35)13-16(17)22(34)30-9-11-31(12-10-30)23-27-7-2-8-28-23/h1-8,13,24,35H,9-12,14H2,(H,29,33). The van der Waals surface area contributed by atoms with Gasteiger partial charge in [-0.3, -0.25) is 9.59 Å². The number of hydrogen-bond acceptors (Lipinski definition) is 7. The quantitative estimate of drug-likeness (QED) is 0.587. The number of fused-ring (bicyclic) bond motifs is 1. The number of nitrogens with one attached hydrogen (secondary N) is 1. The maximum absolute atomic E-state index is 14.7. The summed E-state index contributed by atoms with van der Waals surface area (Å²) in [5.74, 6) is -1.97. The van der Waals surface area contributed by atoms with E-state index in [9.17, 15) is 23.5 Å². The molecule has 3 heterocycles. The Labute approximate surface area is 199 Å². The van der Waals surface area contributed by atoms with Crippen molar-refractivity contribution in [3.8, 4) is 0 Å². The summed E-state index contributed by atoms with van der Waals surface area (Å²) in [6, 6.07) is 9.94. The molecule has 2 aliphatic heterocycles. The van der Waals surface area contributed by atoms with E-state index >= 15 is 0 Å². The van der Waals surface area contributed by atoms with Gasteiger partial charge in [0.2, 0.25) is 12.3 Å². The van der Waals surface area contributed by atoms with Crippen molar-refractivity contribution in [1.82, 2.24) is 20.2 Å². The monoisotopic (exact) mass is 480 g/mol. The highest BCUT2D eigenvalue weighted by Crippen LogP contribution is 2.29. The third kappa shape index (κ3) is 4.37. The molecule has 9 nitrogen and oxygen atoms in total. The van der Waals surface area contributed by atoms with Crippen molar-refractivity contribution in [2.45, 2.75) is 12.9 Å². The highest BCUT2D eigenvalue weighted by molar-refractivity contribution is 6.02. The van der Waals surface area contributed by atoms with E-state index < -0.39 is 29.8 Å². The van der Waals surface area contributed by atoms with Crippen molar-refractivity contribution in [2.75, 3.05) is 36.0 Å². The highest BCUT2D eigenvalue weighted by atomic mass is 19.1. The van der Waals surface area contributed by atoms with Crippen LogP contribution in [0.25, 0.3) is 0 Å². The number of aliphatic hydroxyl groups excluding tert-OH is 1. The molecule has 1 unspecified atom stereocenters. The van der Waals surface area contributed by atoms with Crippen LogP contribution in [0.1, 0.15) is 26.3 Å². The van der Waals surface area contributed by atoms with Gasteiger partial charge in [0.15, 0.2) is 0 Å². The number of carbonyl (C=O) groups excluding carboxylic acids is 2. The Morgan fingerprint density at radius 1 is 1.03 bits per heavy atom. The highest BCUT2D eigenvalue weighted by Gasteiger charge is 2.32. The third-order valence-corrected chi connectivity index (χ3v) is 6.10. The number of nitrogens with zero attached hydrogens (tertiary/aromatic N) is 5. The molecule has 3 aromatic rings. The number of halogens is 2. The van der Waals surface area contributed by atoms with Gasteiger partial charge >= 0.3 is 0 Å². The summed E-state index contributed by atoms with van der Waals surface area (Å²) in [5.41, 5.74) is 0.438. The normalized spacial score (nSPS) is 17.7. The number of piperazine rings is 1. The van der Waals surface area contributed by atoms with Gasteiger partial charge in [-0.05, 0) is 35.9 Å². The second kappa shape index (κ2) is 9.26. The zero-order chi connectivity index (χ0) is 24.5. The van der Waals surface area contributed by atoms with E-state index in [4.69, 9.17) is 0 Å². The third-order valence-electron chi connectivity index (χ3n) is 6.10. The van der Waals surface area contributed by atoms with Crippen LogP contribution in [0.4, 0.5) is 20.4 Å². The largest absolute Gasteiger partial charge is 0.356 e. The van der Waals surface area contributed by atoms with Gasteiger partial charge in [0.25, 0.3) is 11.8 Å². The molecule has 2 aliphatic rings. The average Bonchev–Trinajstić information content (AvgIpc) is 2.87. The fraction of sp³-hybridized carbons (Fsp3) is 0.250. The first-order valence-corrected chi connectivity index (χ1v) is 11.1. The Morgan fingerprint density at radius 2 is 1.77 bits per heavy atom. The van der Waals surface area contributed by atoms with Crippen molar-refractivity contribution in [2.24, 2.45) is 0 Å². The van der Waals surface area contributed by atoms with Crippen LogP contribution in [0.15, 0.2) is 54.9 Å². The summed E-state index contributed by atoms with van der Waals surface area (Å²) in [4.78, 5) is 38.6. The molecule has 2 N–H and O–H groups in total. The maximum atomic E-state index is 14.7. The molecule has 1 fully saturated rings. The number of carbonyl (C=O) groups is 2. The van der Waals surface area contributed by atoms with Gasteiger partial charge < -0.3 is 25.1 Å². The van der Waals surface area contributed by atoms with Crippen LogP contribution in [0.3, 0.4) is 0 Å².